The molecule has 1 atom stereocenters. The molecule has 0 heterocycles. The first kappa shape index (κ1) is 9.51. The van der Waals surface area contributed by atoms with Gasteiger partial charge >= 0.3 is 0 Å². The maximum atomic E-state index is 10.5. The smallest absolute Gasteiger partial charge is 0.0486 e. The van der Waals surface area contributed by atoms with E-state index in [1.165, 1.54) is 0 Å². The molecule has 0 aromatic heterocycles. The van der Waals surface area contributed by atoms with Crippen molar-refractivity contribution in [2.75, 3.05) is 0 Å². The number of hydrogen-bond acceptors (Lipinski definition) is 2. The van der Waals surface area contributed by atoms with Crippen LogP contribution in [0.15, 0.2) is 24.3 Å². The van der Waals surface area contributed by atoms with Gasteiger partial charge in [0.25, 0.3) is 0 Å². The van der Waals surface area contributed by atoms with Gasteiger partial charge in [-0.1, -0.05) is 19.1 Å². The molecule has 0 radical (unpaired) electrons. The van der Waals surface area contributed by atoms with Crippen LogP contribution in [0.25, 0.3) is 0 Å². The minimum absolute atomic E-state index is 0.528. The minimum atomic E-state index is -1.03. The summed E-state index contributed by atoms with van der Waals surface area (Å²) < 4.78 is 1.04. The molecule has 0 fully saturated rings. The van der Waals surface area contributed by atoms with E-state index in [2.05, 4.69) is 22.6 Å². The third kappa shape index (κ3) is 2.20. The first-order chi connectivity index (χ1) is 5.61. The van der Waals surface area contributed by atoms with Crippen molar-refractivity contribution < 1.29 is 9.90 Å². The minimum Gasteiger partial charge on any atom is -0.550 e. The van der Waals surface area contributed by atoms with Crippen LogP contribution in [0.4, 0.5) is 0 Å². The first-order valence-corrected chi connectivity index (χ1v) is 4.65. The number of rotatable bonds is 2. The van der Waals surface area contributed by atoms with Crippen LogP contribution in [-0.2, 0) is 4.79 Å². The molecule has 0 bridgehead atoms. The Kier molecular flexibility index (Phi) is 3.08. The molecule has 0 N–H and O–H groups in total. The molecule has 1 rings (SSSR count). The number of benzene rings is 1. The Balaban J connectivity index is 2.95. The number of carboxylic acids is 1. The third-order valence-corrected chi connectivity index (χ3v) is 2.37. The zero-order valence-electron chi connectivity index (χ0n) is 6.58. The second-order valence-corrected chi connectivity index (χ2v) is 3.84. The molecule has 0 amide bonds. The van der Waals surface area contributed by atoms with E-state index in [0.717, 1.165) is 9.13 Å². The molecule has 0 aliphatic rings. The molecule has 3 heteroatoms. The summed E-state index contributed by atoms with van der Waals surface area (Å²) in [6.45, 7) is 1.63. The molecule has 0 saturated carbocycles. The molecule has 1 aromatic carbocycles. The van der Waals surface area contributed by atoms with Crippen molar-refractivity contribution in [1.29, 1.82) is 0 Å². The number of hydrogen-bond donors (Lipinski definition) is 0. The fraction of sp³-hybridized carbons (Fsp3) is 0.222. The molecule has 1 aromatic rings. The summed E-state index contributed by atoms with van der Waals surface area (Å²) in [5, 5.41) is 10.5. The number of aliphatic carboxylic acids is 1. The van der Waals surface area contributed by atoms with Gasteiger partial charge in [0.15, 0.2) is 0 Å². The predicted molar refractivity (Wildman–Crippen MR) is 52.6 cm³/mol. The van der Waals surface area contributed by atoms with E-state index in [1.807, 2.05) is 18.2 Å². The Morgan fingerprint density at radius 1 is 1.58 bits per heavy atom. The Labute approximate surface area is 84.7 Å². The SMILES string of the molecule is CC(C(=O)[O-])c1cccc(I)c1. The maximum absolute atomic E-state index is 10.5. The average Bonchev–Trinajstić information content (AvgIpc) is 2.03. The topological polar surface area (TPSA) is 40.1 Å². The first-order valence-electron chi connectivity index (χ1n) is 3.57. The average molecular weight is 275 g/mol. The van der Waals surface area contributed by atoms with E-state index in [0.29, 0.717) is 0 Å². The van der Waals surface area contributed by atoms with Gasteiger partial charge in [0.2, 0.25) is 0 Å². The van der Waals surface area contributed by atoms with Crippen molar-refractivity contribution in [3.63, 3.8) is 0 Å². The summed E-state index contributed by atoms with van der Waals surface area (Å²) in [7, 11) is 0. The lowest BCUT2D eigenvalue weighted by molar-refractivity contribution is -0.307. The van der Waals surface area contributed by atoms with Gasteiger partial charge < -0.3 is 9.90 Å². The van der Waals surface area contributed by atoms with Crippen LogP contribution in [0.3, 0.4) is 0 Å². The van der Waals surface area contributed by atoms with Crippen molar-refractivity contribution in [2.24, 2.45) is 0 Å². The van der Waals surface area contributed by atoms with Crippen LogP contribution in [0.5, 0.6) is 0 Å². The van der Waals surface area contributed by atoms with Crippen molar-refractivity contribution in [1.82, 2.24) is 0 Å². The summed E-state index contributed by atoms with van der Waals surface area (Å²) in [5.41, 5.74) is 0.793. The van der Waals surface area contributed by atoms with Crippen LogP contribution >= 0.6 is 22.6 Å². The van der Waals surface area contributed by atoms with Crippen molar-refractivity contribution in [2.45, 2.75) is 12.8 Å². The second-order valence-electron chi connectivity index (χ2n) is 2.60. The normalized spacial score (nSPS) is 12.5. The van der Waals surface area contributed by atoms with Gasteiger partial charge in [-0.05, 0) is 40.3 Å². The molecule has 0 spiro atoms. The molecule has 1 unspecified atom stereocenters. The number of carbonyl (C=O) groups excluding carboxylic acids is 1. The van der Waals surface area contributed by atoms with Gasteiger partial charge in [-0.2, -0.15) is 0 Å². The van der Waals surface area contributed by atoms with Crippen LogP contribution in [0, 0.1) is 3.57 Å². The molecule has 64 valence electrons. The van der Waals surface area contributed by atoms with Crippen molar-refractivity contribution in [3.05, 3.63) is 33.4 Å². The van der Waals surface area contributed by atoms with Gasteiger partial charge in [-0.15, -0.1) is 0 Å². The van der Waals surface area contributed by atoms with Gasteiger partial charge in [0, 0.05) is 15.5 Å². The molecule has 2 nitrogen and oxygen atoms in total. The lowest BCUT2D eigenvalue weighted by Gasteiger charge is -2.12. The fourth-order valence-corrected chi connectivity index (χ4v) is 1.48. The zero-order valence-corrected chi connectivity index (χ0v) is 8.74. The summed E-state index contributed by atoms with van der Waals surface area (Å²) in [6, 6.07) is 7.41. The highest BCUT2D eigenvalue weighted by atomic mass is 127. The van der Waals surface area contributed by atoms with E-state index >= 15 is 0 Å². The molecule has 0 aliphatic heterocycles. The Bertz CT molecular complexity index is 296. The number of carbonyl (C=O) groups is 1. The third-order valence-electron chi connectivity index (χ3n) is 1.70. The summed E-state index contributed by atoms with van der Waals surface area (Å²) in [4.78, 5) is 10.5. The van der Waals surface area contributed by atoms with Crippen LogP contribution < -0.4 is 5.11 Å². The largest absolute Gasteiger partial charge is 0.550 e. The Morgan fingerprint density at radius 3 is 2.75 bits per heavy atom. The Hall–Kier alpha value is -0.580. The summed E-state index contributed by atoms with van der Waals surface area (Å²) in [6.07, 6.45) is 0. The lowest BCUT2D eigenvalue weighted by atomic mass is 10.0. The van der Waals surface area contributed by atoms with Gasteiger partial charge in [0.1, 0.15) is 0 Å². The zero-order chi connectivity index (χ0) is 9.14. The molecule has 0 aliphatic carbocycles. The quantitative estimate of drug-likeness (QED) is 0.759. The summed E-state index contributed by atoms with van der Waals surface area (Å²) >= 11 is 2.15. The van der Waals surface area contributed by atoms with Crippen molar-refractivity contribution >= 4 is 28.6 Å². The molecular formula is C9H8IO2-. The van der Waals surface area contributed by atoms with Crippen LogP contribution in [-0.4, -0.2) is 5.97 Å². The number of carboxylic acid groups (broad SMARTS) is 1. The van der Waals surface area contributed by atoms with E-state index in [9.17, 15) is 9.90 Å². The molecular weight excluding hydrogens is 267 g/mol. The maximum Gasteiger partial charge on any atom is 0.0486 e. The predicted octanol–water partition coefficient (Wildman–Crippen LogP) is 1.14. The van der Waals surface area contributed by atoms with E-state index in [1.54, 1.807) is 13.0 Å². The van der Waals surface area contributed by atoms with E-state index < -0.39 is 11.9 Å². The van der Waals surface area contributed by atoms with Gasteiger partial charge in [-0.25, -0.2) is 0 Å². The monoisotopic (exact) mass is 275 g/mol. The van der Waals surface area contributed by atoms with E-state index in [4.69, 9.17) is 0 Å². The fourth-order valence-electron chi connectivity index (χ4n) is 0.912. The van der Waals surface area contributed by atoms with Crippen LogP contribution in [0.1, 0.15) is 18.4 Å². The van der Waals surface area contributed by atoms with E-state index in [-0.39, 0.29) is 0 Å². The van der Waals surface area contributed by atoms with Crippen LogP contribution in [0.2, 0.25) is 0 Å². The van der Waals surface area contributed by atoms with Gasteiger partial charge in [-0.3, -0.25) is 0 Å². The molecule has 12 heavy (non-hydrogen) atoms. The standard InChI is InChI=1S/C9H9IO2/c1-6(9(11)12)7-3-2-4-8(10)5-7/h2-6H,1H3,(H,11,12)/p-1. The highest BCUT2D eigenvalue weighted by Crippen LogP contribution is 2.16. The summed E-state index contributed by atoms with van der Waals surface area (Å²) in [5.74, 6) is -1.56. The highest BCUT2D eigenvalue weighted by molar-refractivity contribution is 14.1. The van der Waals surface area contributed by atoms with Crippen molar-refractivity contribution in [3.8, 4) is 0 Å². The molecule has 0 saturated heterocycles. The van der Waals surface area contributed by atoms with Gasteiger partial charge in [0.05, 0.1) is 0 Å². The number of halogens is 1. The highest BCUT2D eigenvalue weighted by Gasteiger charge is 2.05. The second kappa shape index (κ2) is 3.89. The lowest BCUT2D eigenvalue weighted by Crippen LogP contribution is -2.27. The Morgan fingerprint density at radius 2 is 2.25 bits per heavy atom.